The van der Waals surface area contributed by atoms with Crippen molar-refractivity contribution in [2.45, 2.75) is 20.3 Å². The van der Waals surface area contributed by atoms with Crippen molar-refractivity contribution in [1.29, 1.82) is 0 Å². The van der Waals surface area contributed by atoms with Gasteiger partial charge in [-0.25, -0.2) is 9.97 Å². The fraction of sp³-hybridized carbons (Fsp3) is 0.467. The zero-order valence-electron chi connectivity index (χ0n) is 12.0. The summed E-state index contributed by atoms with van der Waals surface area (Å²) in [6.07, 6.45) is 1.15. The summed E-state index contributed by atoms with van der Waals surface area (Å²) in [5.74, 6) is 1.10. The molecule has 0 aromatic carbocycles. The first-order valence-corrected chi connectivity index (χ1v) is 7.96. The lowest BCUT2D eigenvalue weighted by molar-refractivity contribution is 0.795. The molecule has 5 heteroatoms. The molecule has 1 aliphatic rings. The summed E-state index contributed by atoms with van der Waals surface area (Å²) >= 11 is 1.75. The third-order valence-corrected chi connectivity index (χ3v) is 4.59. The smallest absolute Gasteiger partial charge is 0.185 e. The summed E-state index contributed by atoms with van der Waals surface area (Å²) in [6, 6.07) is 6.24. The summed E-state index contributed by atoms with van der Waals surface area (Å²) < 4.78 is 0. The van der Waals surface area contributed by atoms with E-state index in [4.69, 9.17) is 0 Å². The zero-order valence-corrected chi connectivity index (χ0v) is 12.9. The summed E-state index contributed by atoms with van der Waals surface area (Å²) in [5.41, 5.74) is 2.20. The minimum atomic E-state index is 1.01. The summed E-state index contributed by atoms with van der Waals surface area (Å²) in [6.45, 7) is 8.27. The number of thiazole rings is 1. The van der Waals surface area contributed by atoms with E-state index in [9.17, 15) is 0 Å². The molecule has 0 atom stereocenters. The predicted octanol–water partition coefficient (Wildman–Crippen LogP) is 2.87. The first kappa shape index (κ1) is 13.4. The summed E-state index contributed by atoms with van der Waals surface area (Å²) in [4.78, 5) is 14.0. The highest BCUT2D eigenvalue weighted by atomic mass is 32.1. The molecule has 3 heterocycles. The van der Waals surface area contributed by atoms with Gasteiger partial charge in [0.25, 0.3) is 0 Å². The van der Waals surface area contributed by atoms with E-state index in [-0.39, 0.29) is 0 Å². The molecular formula is C15H20N4S. The molecule has 0 N–H and O–H groups in total. The molecule has 106 valence electrons. The second-order valence-electron chi connectivity index (χ2n) is 5.24. The molecule has 0 saturated carbocycles. The summed E-state index contributed by atoms with van der Waals surface area (Å²) in [7, 11) is 0. The van der Waals surface area contributed by atoms with Gasteiger partial charge in [0.05, 0.1) is 5.69 Å². The molecule has 1 aliphatic heterocycles. The van der Waals surface area contributed by atoms with Crippen LogP contribution in [0.15, 0.2) is 23.6 Å². The van der Waals surface area contributed by atoms with Crippen molar-refractivity contribution in [2.24, 2.45) is 0 Å². The fourth-order valence-corrected chi connectivity index (χ4v) is 3.39. The molecule has 2 aromatic heterocycles. The fourth-order valence-electron chi connectivity index (χ4n) is 2.53. The van der Waals surface area contributed by atoms with Crippen molar-refractivity contribution in [3.63, 3.8) is 0 Å². The Balaban J connectivity index is 1.70. The Labute approximate surface area is 124 Å². The maximum atomic E-state index is 4.63. The van der Waals surface area contributed by atoms with Gasteiger partial charge in [-0.3, -0.25) is 0 Å². The van der Waals surface area contributed by atoms with E-state index >= 15 is 0 Å². The SMILES string of the molecule is Cc1cccc(N2CCCN(c3nc(C)cs3)CC2)n1. The van der Waals surface area contributed by atoms with E-state index in [0.29, 0.717) is 0 Å². The van der Waals surface area contributed by atoms with Crippen LogP contribution >= 0.6 is 11.3 Å². The van der Waals surface area contributed by atoms with Crippen LogP contribution in [0.5, 0.6) is 0 Å². The Morgan fingerprint density at radius 2 is 1.75 bits per heavy atom. The van der Waals surface area contributed by atoms with Crippen LogP contribution in [0.1, 0.15) is 17.8 Å². The third-order valence-electron chi connectivity index (χ3n) is 3.57. The van der Waals surface area contributed by atoms with Gasteiger partial charge in [0, 0.05) is 37.3 Å². The van der Waals surface area contributed by atoms with Gasteiger partial charge in [-0.05, 0) is 32.4 Å². The van der Waals surface area contributed by atoms with Gasteiger partial charge in [-0.2, -0.15) is 0 Å². The number of hydrogen-bond donors (Lipinski definition) is 0. The van der Waals surface area contributed by atoms with Gasteiger partial charge in [0.2, 0.25) is 0 Å². The highest BCUT2D eigenvalue weighted by Crippen LogP contribution is 2.22. The second-order valence-corrected chi connectivity index (χ2v) is 6.07. The van der Waals surface area contributed by atoms with Crippen LogP contribution in [0, 0.1) is 13.8 Å². The lowest BCUT2D eigenvalue weighted by Gasteiger charge is -2.22. The van der Waals surface area contributed by atoms with Crippen molar-refractivity contribution < 1.29 is 0 Å². The normalized spacial score (nSPS) is 16.3. The van der Waals surface area contributed by atoms with E-state index < -0.39 is 0 Å². The van der Waals surface area contributed by atoms with Crippen molar-refractivity contribution in [3.8, 4) is 0 Å². The van der Waals surface area contributed by atoms with Crippen molar-refractivity contribution >= 4 is 22.3 Å². The van der Waals surface area contributed by atoms with Crippen LogP contribution < -0.4 is 9.80 Å². The Hall–Kier alpha value is -1.62. The van der Waals surface area contributed by atoms with Gasteiger partial charge in [0.1, 0.15) is 5.82 Å². The second kappa shape index (κ2) is 5.79. The standard InChI is InChI=1S/C15H20N4S/c1-12-5-3-6-14(16-12)18-7-4-8-19(10-9-18)15-17-13(2)11-20-15/h3,5-6,11H,4,7-10H2,1-2H3. The zero-order chi connectivity index (χ0) is 13.9. The Bertz CT molecular complexity index is 581. The minimum absolute atomic E-state index is 1.01. The Morgan fingerprint density at radius 3 is 2.50 bits per heavy atom. The van der Waals surface area contributed by atoms with Crippen LogP contribution in [-0.2, 0) is 0 Å². The van der Waals surface area contributed by atoms with Gasteiger partial charge >= 0.3 is 0 Å². The average Bonchev–Trinajstić information content (AvgIpc) is 2.73. The maximum Gasteiger partial charge on any atom is 0.185 e. The molecule has 0 unspecified atom stereocenters. The predicted molar refractivity (Wildman–Crippen MR) is 84.9 cm³/mol. The maximum absolute atomic E-state index is 4.63. The molecule has 1 saturated heterocycles. The number of anilines is 2. The number of aryl methyl sites for hydroxylation is 2. The van der Waals surface area contributed by atoms with Crippen molar-refractivity contribution in [3.05, 3.63) is 35.0 Å². The molecule has 4 nitrogen and oxygen atoms in total. The van der Waals surface area contributed by atoms with Crippen LogP contribution in [0.2, 0.25) is 0 Å². The highest BCUT2D eigenvalue weighted by molar-refractivity contribution is 7.13. The van der Waals surface area contributed by atoms with Crippen molar-refractivity contribution in [2.75, 3.05) is 36.0 Å². The average molecular weight is 288 g/mol. The molecule has 0 radical (unpaired) electrons. The monoisotopic (exact) mass is 288 g/mol. The van der Waals surface area contributed by atoms with Crippen LogP contribution in [0.3, 0.4) is 0 Å². The van der Waals surface area contributed by atoms with Gasteiger partial charge < -0.3 is 9.80 Å². The Morgan fingerprint density at radius 1 is 0.950 bits per heavy atom. The number of aromatic nitrogens is 2. The molecular weight excluding hydrogens is 268 g/mol. The molecule has 2 aromatic rings. The number of pyridine rings is 1. The van der Waals surface area contributed by atoms with Crippen molar-refractivity contribution in [1.82, 2.24) is 9.97 Å². The van der Waals surface area contributed by atoms with E-state index in [1.165, 1.54) is 0 Å². The third kappa shape index (κ3) is 2.93. The Kier molecular flexibility index (Phi) is 3.87. The molecule has 0 aliphatic carbocycles. The van der Waals surface area contributed by atoms with Gasteiger partial charge in [-0.15, -0.1) is 11.3 Å². The van der Waals surface area contributed by atoms with Crippen LogP contribution in [-0.4, -0.2) is 36.1 Å². The topological polar surface area (TPSA) is 32.3 Å². The van der Waals surface area contributed by atoms with E-state index in [1.807, 2.05) is 13.0 Å². The van der Waals surface area contributed by atoms with Crippen LogP contribution in [0.4, 0.5) is 10.9 Å². The molecule has 20 heavy (non-hydrogen) atoms. The highest BCUT2D eigenvalue weighted by Gasteiger charge is 2.18. The first-order chi connectivity index (χ1) is 9.72. The van der Waals surface area contributed by atoms with E-state index in [0.717, 1.165) is 54.9 Å². The lowest BCUT2D eigenvalue weighted by atomic mass is 10.3. The summed E-state index contributed by atoms with van der Waals surface area (Å²) in [5, 5.41) is 3.28. The number of hydrogen-bond acceptors (Lipinski definition) is 5. The van der Waals surface area contributed by atoms with Gasteiger partial charge in [0.15, 0.2) is 5.13 Å². The quantitative estimate of drug-likeness (QED) is 0.850. The minimum Gasteiger partial charge on any atom is -0.355 e. The largest absolute Gasteiger partial charge is 0.355 e. The molecule has 0 bridgehead atoms. The molecule has 0 amide bonds. The first-order valence-electron chi connectivity index (χ1n) is 7.08. The lowest BCUT2D eigenvalue weighted by Crippen LogP contribution is -2.31. The number of rotatable bonds is 2. The van der Waals surface area contributed by atoms with E-state index in [1.54, 1.807) is 11.3 Å². The van der Waals surface area contributed by atoms with E-state index in [2.05, 4.69) is 44.2 Å². The number of nitrogens with zero attached hydrogens (tertiary/aromatic N) is 4. The molecule has 3 rings (SSSR count). The van der Waals surface area contributed by atoms with Crippen LogP contribution in [0.25, 0.3) is 0 Å². The molecule has 1 fully saturated rings. The van der Waals surface area contributed by atoms with Gasteiger partial charge in [-0.1, -0.05) is 6.07 Å². The molecule has 0 spiro atoms.